The number of thiophene rings is 1. The van der Waals surface area contributed by atoms with Gasteiger partial charge in [0.1, 0.15) is 11.3 Å². The molecule has 0 fully saturated rings. The third kappa shape index (κ3) is 4.42. The monoisotopic (exact) mass is 405 g/mol. The van der Waals surface area contributed by atoms with E-state index >= 15 is 0 Å². The van der Waals surface area contributed by atoms with Gasteiger partial charge in [-0.25, -0.2) is 4.79 Å². The minimum atomic E-state index is -0.420. The highest BCUT2D eigenvalue weighted by molar-refractivity contribution is 7.10. The number of rotatable bonds is 7. The van der Waals surface area contributed by atoms with Crippen LogP contribution in [0.25, 0.3) is 11.0 Å². The van der Waals surface area contributed by atoms with E-state index in [9.17, 15) is 9.90 Å². The number of nitrogens with one attached hydrogen (secondary N) is 1. The Balaban J connectivity index is 1.64. The van der Waals surface area contributed by atoms with Crippen LogP contribution in [0, 0.1) is 0 Å². The summed E-state index contributed by atoms with van der Waals surface area (Å²) in [6, 6.07) is 19.3. The predicted octanol–water partition coefficient (Wildman–Crippen LogP) is 5.39. The highest BCUT2D eigenvalue weighted by atomic mass is 32.1. The van der Waals surface area contributed by atoms with Gasteiger partial charge in [-0.15, -0.1) is 11.3 Å². The first kappa shape index (κ1) is 19.4. The summed E-state index contributed by atoms with van der Waals surface area (Å²) in [5.74, 6) is 0.0781. The molecule has 0 radical (unpaired) electrons. The smallest absolute Gasteiger partial charge is 0.336 e. The van der Waals surface area contributed by atoms with E-state index < -0.39 is 5.63 Å². The molecule has 5 heteroatoms. The van der Waals surface area contributed by atoms with Gasteiger partial charge in [-0.1, -0.05) is 43.7 Å². The van der Waals surface area contributed by atoms with Crippen LogP contribution < -0.4 is 10.9 Å². The maximum atomic E-state index is 12.0. The van der Waals surface area contributed by atoms with Crippen LogP contribution in [0.5, 0.6) is 5.75 Å². The van der Waals surface area contributed by atoms with E-state index in [-0.39, 0.29) is 11.8 Å². The maximum Gasteiger partial charge on any atom is 0.336 e. The third-order valence-corrected chi connectivity index (χ3v) is 5.93. The standard InChI is InChI=1S/C24H23NO3S/c1-2-4-16-6-8-17(9-7-16)24(22-5-3-12-29-22)25-15-18-13-23(27)28-21-14-19(26)10-11-20(18)21/h3,5-14,24-26H,2,4,15H2,1H3/t24-/m1/s1. The molecule has 0 saturated heterocycles. The second-order valence-corrected chi connectivity index (χ2v) is 8.07. The summed E-state index contributed by atoms with van der Waals surface area (Å²) in [7, 11) is 0. The van der Waals surface area contributed by atoms with Crippen molar-refractivity contribution >= 4 is 22.3 Å². The lowest BCUT2D eigenvalue weighted by molar-refractivity contribution is 0.473. The molecule has 2 aromatic carbocycles. The maximum absolute atomic E-state index is 12.0. The van der Waals surface area contributed by atoms with Gasteiger partial charge in [0.05, 0.1) is 6.04 Å². The molecule has 0 spiro atoms. The Hall–Kier alpha value is -2.89. The summed E-state index contributed by atoms with van der Waals surface area (Å²) < 4.78 is 5.24. The molecule has 0 aliphatic carbocycles. The fourth-order valence-electron chi connectivity index (χ4n) is 3.58. The Bertz CT molecular complexity index is 1150. The summed E-state index contributed by atoms with van der Waals surface area (Å²) in [4.78, 5) is 13.2. The van der Waals surface area contributed by atoms with E-state index in [0.29, 0.717) is 12.1 Å². The molecule has 4 rings (SSSR count). The Morgan fingerprint density at radius 2 is 1.93 bits per heavy atom. The van der Waals surface area contributed by atoms with Crippen molar-refractivity contribution in [2.45, 2.75) is 32.4 Å². The third-order valence-electron chi connectivity index (χ3n) is 4.99. The van der Waals surface area contributed by atoms with Gasteiger partial charge >= 0.3 is 5.63 Å². The largest absolute Gasteiger partial charge is 0.508 e. The summed E-state index contributed by atoms with van der Waals surface area (Å²) >= 11 is 1.71. The van der Waals surface area contributed by atoms with E-state index in [1.165, 1.54) is 28.1 Å². The SMILES string of the molecule is CCCc1ccc([C@@H](NCc2cc(=O)oc3cc(O)ccc23)c2cccs2)cc1. The number of phenolic OH excluding ortho intramolecular Hbond substituents is 1. The zero-order chi connectivity index (χ0) is 20.2. The molecule has 0 aliphatic heterocycles. The van der Waals surface area contributed by atoms with E-state index in [2.05, 4.69) is 54.0 Å². The zero-order valence-corrected chi connectivity index (χ0v) is 17.0. The molecule has 148 valence electrons. The first-order valence-corrected chi connectivity index (χ1v) is 10.6. The lowest BCUT2D eigenvalue weighted by Crippen LogP contribution is -2.22. The average Bonchev–Trinajstić information content (AvgIpc) is 3.23. The number of benzene rings is 2. The molecular formula is C24H23NO3S. The number of phenols is 1. The van der Waals surface area contributed by atoms with Gasteiger partial charge in [0.2, 0.25) is 0 Å². The second kappa shape index (κ2) is 8.64. The van der Waals surface area contributed by atoms with Crippen molar-refractivity contribution in [1.29, 1.82) is 0 Å². The van der Waals surface area contributed by atoms with Crippen LogP contribution in [0.3, 0.4) is 0 Å². The molecule has 0 bridgehead atoms. The van der Waals surface area contributed by atoms with Gasteiger partial charge in [0.25, 0.3) is 0 Å². The average molecular weight is 406 g/mol. The van der Waals surface area contributed by atoms with Gasteiger partial charge in [-0.3, -0.25) is 0 Å². The summed E-state index contributed by atoms with van der Waals surface area (Å²) in [5, 5.41) is 16.2. The van der Waals surface area contributed by atoms with Crippen LogP contribution >= 0.6 is 11.3 Å². The highest BCUT2D eigenvalue weighted by Crippen LogP contribution is 2.28. The highest BCUT2D eigenvalue weighted by Gasteiger charge is 2.16. The van der Waals surface area contributed by atoms with Crippen LogP contribution in [0.2, 0.25) is 0 Å². The van der Waals surface area contributed by atoms with E-state index in [0.717, 1.165) is 23.8 Å². The van der Waals surface area contributed by atoms with Crippen molar-refractivity contribution in [3.05, 3.63) is 98.0 Å². The van der Waals surface area contributed by atoms with Gasteiger partial charge in [-0.05, 0) is 46.7 Å². The van der Waals surface area contributed by atoms with Gasteiger partial charge < -0.3 is 14.8 Å². The van der Waals surface area contributed by atoms with E-state index in [4.69, 9.17) is 4.42 Å². The molecular weight excluding hydrogens is 382 g/mol. The number of hydrogen-bond acceptors (Lipinski definition) is 5. The molecule has 2 aromatic heterocycles. The van der Waals surface area contributed by atoms with Crippen molar-refractivity contribution in [3.63, 3.8) is 0 Å². The molecule has 0 amide bonds. The summed E-state index contributed by atoms with van der Waals surface area (Å²) in [6.45, 7) is 2.69. The zero-order valence-electron chi connectivity index (χ0n) is 16.2. The fourth-order valence-corrected chi connectivity index (χ4v) is 4.41. The number of hydrogen-bond donors (Lipinski definition) is 2. The molecule has 2 N–H and O–H groups in total. The van der Waals surface area contributed by atoms with Gasteiger partial charge in [0, 0.05) is 28.9 Å². The Morgan fingerprint density at radius 1 is 1.10 bits per heavy atom. The van der Waals surface area contributed by atoms with Gasteiger partial charge in [0.15, 0.2) is 0 Å². The molecule has 4 nitrogen and oxygen atoms in total. The van der Waals surface area contributed by atoms with Crippen molar-refractivity contribution in [3.8, 4) is 5.75 Å². The first-order valence-electron chi connectivity index (χ1n) is 9.75. The molecule has 0 aliphatic rings. The lowest BCUT2D eigenvalue weighted by atomic mass is 10.0. The van der Waals surface area contributed by atoms with E-state index in [1.54, 1.807) is 23.5 Å². The molecule has 4 aromatic rings. The number of aryl methyl sites for hydroxylation is 1. The Morgan fingerprint density at radius 3 is 2.66 bits per heavy atom. The predicted molar refractivity (Wildman–Crippen MR) is 118 cm³/mol. The Kier molecular flexibility index (Phi) is 5.79. The topological polar surface area (TPSA) is 62.5 Å². The van der Waals surface area contributed by atoms with Crippen molar-refractivity contribution in [1.82, 2.24) is 5.32 Å². The lowest BCUT2D eigenvalue weighted by Gasteiger charge is -2.19. The summed E-state index contributed by atoms with van der Waals surface area (Å²) in [5.41, 5.74) is 3.35. The fraction of sp³-hybridized carbons (Fsp3) is 0.208. The van der Waals surface area contributed by atoms with Crippen LogP contribution in [0.4, 0.5) is 0 Å². The normalized spacial score (nSPS) is 12.3. The van der Waals surface area contributed by atoms with Crippen molar-refractivity contribution in [2.24, 2.45) is 0 Å². The second-order valence-electron chi connectivity index (χ2n) is 7.09. The van der Waals surface area contributed by atoms with Gasteiger partial charge in [-0.2, -0.15) is 0 Å². The van der Waals surface area contributed by atoms with Crippen molar-refractivity contribution < 1.29 is 9.52 Å². The molecule has 0 unspecified atom stereocenters. The Labute approximate surface area is 173 Å². The molecule has 2 heterocycles. The van der Waals surface area contributed by atoms with Crippen LogP contribution in [0.1, 0.15) is 41.0 Å². The molecule has 29 heavy (non-hydrogen) atoms. The number of aromatic hydroxyl groups is 1. The minimum Gasteiger partial charge on any atom is -0.508 e. The molecule has 0 saturated carbocycles. The van der Waals surface area contributed by atoms with Crippen LogP contribution in [-0.2, 0) is 13.0 Å². The minimum absolute atomic E-state index is 0.0325. The number of fused-ring (bicyclic) bond motifs is 1. The van der Waals surface area contributed by atoms with Crippen LogP contribution in [-0.4, -0.2) is 5.11 Å². The van der Waals surface area contributed by atoms with Crippen molar-refractivity contribution in [2.75, 3.05) is 0 Å². The van der Waals surface area contributed by atoms with Crippen LogP contribution in [0.15, 0.2) is 75.3 Å². The molecule has 1 atom stereocenters. The quantitative estimate of drug-likeness (QED) is 0.405. The van der Waals surface area contributed by atoms with E-state index in [1.807, 2.05) is 0 Å². The summed E-state index contributed by atoms with van der Waals surface area (Å²) in [6.07, 6.45) is 2.21. The first-order chi connectivity index (χ1) is 14.1.